The summed E-state index contributed by atoms with van der Waals surface area (Å²) in [5.74, 6) is -0.357. The van der Waals surface area contributed by atoms with Gasteiger partial charge in [0.05, 0.1) is 6.54 Å². The van der Waals surface area contributed by atoms with E-state index in [1.54, 1.807) is 6.07 Å². The fourth-order valence-corrected chi connectivity index (χ4v) is 3.68. The fourth-order valence-electron chi connectivity index (χ4n) is 3.16. The van der Waals surface area contributed by atoms with Crippen LogP contribution < -0.4 is 5.32 Å². The number of halogens is 3. The molecule has 0 spiro atoms. The molecule has 1 aliphatic heterocycles. The third kappa shape index (κ3) is 7.94. The van der Waals surface area contributed by atoms with E-state index in [0.29, 0.717) is 41.5 Å². The average molecular weight is 427 g/mol. The molecule has 1 amide bonds. The summed E-state index contributed by atoms with van der Waals surface area (Å²) < 4.78 is 15.0. The van der Waals surface area contributed by atoms with Crippen LogP contribution in [0.15, 0.2) is 42.5 Å². The standard InChI is InChI=1S/C22H29Cl2FN2O/c1-2-3-4-5-6-7-8-11-27-12-9-22(25,10-13-27)17-26-21(28)18-14-19(23)16-20(24)15-18/h3-4,7-8,14-16H,2,5-6,9-13,17H2,1H3,(H,26,28). The number of allylic oxidation sites excluding steroid dienone is 3. The zero-order valence-corrected chi connectivity index (χ0v) is 17.9. The molecule has 154 valence electrons. The molecule has 6 heteroatoms. The molecule has 0 aliphatic carbocycles. The second kappa shape index (κ2) is 11.6. The van der Waals surface area contributed by atoms with Gasteiger partial charge < -0.3 is 5.32 Å². The van der Waals surface area contributed by atoms with Gasteiger partial charge in [0, 0.05) is 35.2 Å². The Kier molecular flexibility index (Phi) is 9.49. The molecule has 3 nitrogen and oxygen atoms in total. The first-order valence-electron chi connectivity index (χ1n) is 9.87. The van der Waals surface area contributed by atoms with E-state index in [9.17, 15) is 4.79 Å². The highest BCUT2D eigenvalue weighted by Crippen LogP contribution is 2.26. The number of amides is 1. The van der Waals surface area contributed by atoms with Crippen LogP contribution in [0.25, 0.3) is 0 Å². The first-order valence-corrected chi connectivity index (χ1v) is 10.6. The third-order valence-electron chi connectivity index (χ3n) is 4.88. The molecule has 1 heterocycles. The number of unbranched alkanes of at least 4 members (excludes halogenated alkanes) is 1. The number of hydrogen-bond donors (Lipinski definition) is 1. The van der Waals surface area contributed by atoms with Crippen molar-refractivity contribution in [2.45, 2.75) is 44.7 Å². The summed E-state index contributed by atoms with van der Waals surface area (Å²) >= 11 is 11.8. The molecule has 0 atom stereocenters. The molecule has 0 saturated carbocycles. The molecular weight excluding hydrogens is 398 g/mol. The van der Waals surface area contributed by atoms with Gasteiger partial charge in [-0.2, -0.15) is 0 Å². The third-order valence-corrected chi connectivity index (χ3v) is 5.31. The van der Waals surface area contributed by atoms with Gasteiger partial charge in [0.1, 0.15) is 5.67 Å². The molecule has 1 aromatic carbocycles. The van der Waals surface area contributed by atoms with Gasteiger partial charge in [0.15, 0.2) is 0 Å². The molecule has 1 aromatic rings. The van der Waals surface area contributed by atoms with E-state index in [0.717, 1.165) is 25.8 Å². The van der Waals surface area contributed by atoms with Gasteiger partial charge in [-0.05, 0) is 50.3 Å². The lowest BCUT2D eigenvalue weighted by Gasteiger charge is -2.36. The first-order chi connectivity index (χ1) is 13.4. The molecule has 0 unspecified atom stereocenters. The van der Waals surface area contributed by atoms with Crippen LogP contribution in [0.2, 0.25) is 10.0 Å². The lowest BCUT2D eigenvalue weighted by Crippen LogP contribution is -2.48. The molecule has 28 heavy (non-hydrogen) atoms. The van der Waals surface area contributed by atoms with Crippen molar-refractivity contribution in [3.05, 3.63) is 58.1 Å². The maximum Gasteiger partial charge on any atom is 0.251 e. The summed E-state index contributed by atoms with van der Waals surface area (Å²) in [5.41, 5.74) is -1.03. The van der Waals surface area contributed by atoms with Gasteiger partial charge in [-0.25, -0.2) is 4.39 Å². The van der Waals surface area contributed by atoms with E-state index in [4.69, 9.17) is 23.2 Å². The highest BCUT2D eigenvalue weighted by molar-refractivity contribution is 6.35. The Hall–Kier alpha value is -1.36. The summed E-state index contributed by atoms with van der Waals surface area (Å²) in [4.78, 5) is 14.5. The molecule has 1 N–H and O–H groups in total. The van der Waals surface area contributed by atoms with Crippen molar-refractivity contribution in [2.75, 3.05) is 26.2 Å². The number of carbonyl (C=O) groups is 1. The van der Waals surface area contributed by atoms with Crippen LogP contribution in [0.5, 0.6) is 0 Å². The van der Waals surface area contributed by atoms with Crippen LogP contribution in [0.4, 0.5) is 4.39 Å². The number of nitrogens with one attached hydrogen (secondary N) is 1. The maximum atomic E-state index is 15.0. The largest absolute Gasteiger partial charge is 0.349 e. The summed E-state index contributed by atoms with van der Waals surface area (Å²) in [7, 11) is 0. The van der Waals surface area contributed by atoms with Crippen molar-refractivity contribution in [1.82, 2.24) is 10.2 Å². The monoisotopic (exact) mass is 426 g/mol. The van der Waals surface area contributed by atoms with Crippen LogP contribution in [-0.2, 0) is 0 Å². The molecule has 0 radical (unpaired) electrons. The normalized spacial score (nSPS) is 17.4. The lowest BCUT2D eigenvalue weighted by molar-refractivity contribution is 0.0584. The molecule has 0 aromatic heterocycles. The van der Waals surface area contributed by atoms with Gasteiger partial charge in [0.2, 0.25) is 0 Å². The van der Waals surface area contributed by atoms with Crippen molar-refractivity contribution in [2.24, 2.45) is 0 Å². The minimum atomic E-state index is -1.37. The van der Waals surface area contributed by atoms with Gasteiger partial charge >= 0.3 is 0 Å². The number of alkyl halides is 1. The Labute approximate surface area is 177 Å². The smallest absolute Gasteiger partial charge is 0.251 e. The van der Waals surface area contributed by atoms with Gasteiger partial charge in [0.25, 0.3) is 5.91 Å². The van der Waals surface area contributed by atoms with E-state index >= 15 is 4.39 Å². The van der Waals surface area contributed by atoms with Crippen LogP contribution in [0.1, 0.15) is 49.4 Å². The van der Waals surface area contributed by atoms with Crippen LogP contribution >= 0.6 is 23.2 Å². The summed E-state index contributed by atoms with van der Waals surface area (Å²) in [6, 6.07) is 4.62. The summed E-state index contributed by atoms with van der Waals surface area (Å²) in [6.45, 7) is 4.36. The highest BCUT2D eigenvalue weighted by Gasteiger charge is 2.34. The highest BCUT2D eigenvalue weighted by atomic mass is 35.5. The molecule has 2 rings (SSSR count). The van der Waals surface area contributed by atoms with Crippen LogP contribution in [-0.4, -0.2) is 42.7 Å². The minimum absolute atomic E-state index is 0.00338. The quantitative estimate of drug-likeness (QED) is 0.397. The van der Waals surface area contributed by atoms with Gasteiger partial charge in [-0.15, -0.1) is 0 Å². The van der Waals surface area contributed by atoms with E-state index in [-0.39, 0.29) is 12.5 Å². The number of hydrogen-bond acceptors (Lipinski definition) is 2. The Balaban J connectivity index is 1.71. The van der Waals surface area contributed by atoms with Crippen molar-refractivity contribution < 1.29 is 9.18 Å². The van der Waals surface area contributed by atoms with Crippen molar-refractivity contribution >= 4 is 29.1 Å². The number of rotatable bonds is 9. The van der Waals surface area contributed by atoms with Gasteiger partial charge in [-0.1, -0.05) is 54.4 Å². The van der Waals surface area contributed by atoms with Crippen molar-refractivity contribution in [3.8, 4) is 0 Å². The molecule has 1 saturated heterocycles. The second-order valence-corrected chi connectivity index (χ2v) is 8.09. The summed E-state index contributed by atoms with van der Waals surface area (Å²) in [5, 5.41) is 3.45. The van der Waals surface area contributed by atoms with Crippen LogP contribution in [0.3, 0.4) is 0 Å². The molecule has 1 aliphatic rings. The number of nitrogens with zero attached hydrogens (tertiary/aromatic N) is 1. The average Bonchev–Trinajstić information content (AvgIpc) is 2.66. The van der Waals surface area contributed by atoms with Gasteiger partial charge in [-0.3, -0.25) is 9.69 Å². The number of benzene rings is 1. The predicted molar refractivity (Wildman–Crippen MR) is 116 cm³/mol. The second-order valence-electron chi connectivity index (χ2n) is 7.22. The maximum absolute atomic E-state index is 15.0. The predicted octanol–water partition coefficient (Wildman–Crippen LogP) is 5.83. The molecule has 0 bridgehead atoms. The molecule has 1 fully saturated rings. The number of carbonyl (C=O) groups excluding carboxylic acids is 1. The Morgan fingerprint density at radius 1 is 1.11 bits per heavy atom. The zero-order valence-electron chi connectivity index (χ0n) is 16.4. The Bertz CT molecular complexity index is 678. The Morgan fingerprint density at radius 3 is 2.32 bits per heavy atom. The molecular formula is C22H29Cl2FN2O. The van der Waals surface area contributed by atoms with Crippen molar-refractivity contribution in [1.29, 1.82) is 0 Å². The summed E-state index contributed by atoms with van der Waals surface area (Å²) in [6.07, 6.45) is 12.7. The number of likely N-dealkylation sites (tertiary alicyclic amines) is 1. The SMILES string of the molecule is CCC=CCCC=CCN1CCC(F)(CNC(=O)c2cc(Cl)cc(Cl)c2)CC1. The van der Waals surface area contributed by atoms with Crippen molar-refractivity contribution in [3.63, 3.8) is 0 Å². The number of piperidine rings is 1. The lowest BCUT2D eigenvalue weighted by atomic mass is 9.93. The Morgan fingerprint density at radius 2 is 1.71 bits per heavy atom. The minimum Gasteiger partial charge on any atom is -0.349 e. The zero-order chi connectivity index (χ0) is 20.4. The first kappa shape index (κ1) is 22.9. The van der Waals surface area contributed by atoms with E-state index in [1.807, 2.05) is 0 Å². The topological polar surface area (TPSA) is 32.3 Å². The van der Waals surface area contributed by atoms with Crippen LogP contribution in [0, 0.1) is 0 Å². The fraction of sp³-hybridized carbons (Fsp3) is 0.500. The van der Waals surface area contributed by atoms with E-state index in [2.05, 4.69) is 41.4 Å². The van der Waals surface area contributed by atoms with E-state index in [1.165, 1.54) is 12.1 Å². The van der Waals surface area contributed by atoms with E-state index < -0.39 is 5.67 Å².